The summed E-state index contributed by atoms with van der Waals surface area (Å²) in [6.45, 7) is 17.1. The number of piperidine rings is 1. The Balaban J connectivity index is 0.00000300. The van der Waals surface area contributed by atoms with Crippen molar-refractivity contribution in [3.8, 4) is 0 Å². The normalized spacial score (nSPS) is 21.4. The number of aromatic nitrogens is 2. The van der Waals surface area contributed by atoms with Crippen LogP contribution in [0.2, 0.25) is 0 Å². The maximum Gasteiger partial charge on any atom is 0.205 e. The van der Waals surface area contributed by atoms with E-state index in [-0.39, 0.29) is 24.0 Å². The highest BCUT2D eigenvalue weighted by atomic mass is 127. The number of aliphatic imine (C=N–C) groups is 1. The van der Waals surface area contributed by atoms with Crippen LogP contribution in [-0.2, 0) is 6.42 Å². The van der Waals surface area contributed by atoms with Gasteiger partial charge < -0.3 is 20.0 Å². The lowest BCUT2D eigenvalue weighted by molar-refractivity contribution is 0.143. The summed E-state index contributed by atoms with van der Waals surface area (Å²) in [7, 11) is 0. The van der Waals surface area contributed by atoms with Crippen LogP contribution in [0.15, 0.2) is 4.99 Å². The zero-order valence-electron chi connectivity index (χ0n) is 18.4. The van der Waals surface area contributed by atoms with E-state index in [0.29, 0.717) is 12.0 Å². The lowest BCUT2D eigenvalue weighted by atomic mass is 9.97. The number of halogens is 1. The highest BCUT2D eigenvalue weighted by Crippen LogP contribution is 2.20. The Morgan fingerprint density at radius 1 is 1.21 bits per heavy atom. The van der Waals surface area contributed by atoms with Crippen LogP contribution in [0.3, 0.4) is 0 Å². The van der Waals surface area contributed by atoms with Crippen molar-refractivity contribution in [2.24, 2.45) is 10.9 Å². The minimum Gasteiger partial charge on any atom is -0.357 e. The number of likely N-dealkylation sites (tertiary alicyclic amines) is 1. The van der Waals surface area contributed by atoms with Crippen LogP contribution < -0.4 is 10.2 Å². The first kappa shape index (κ1) is 24.6. The predicted molar refractivity (Wildman–Crippen MR) is 134 cm³/mol. The number of nitrogens with one attached hydrogen (secondary N) is 1. The molecule has 1 aromatic rings. The monoisotopic (exact) mass is 535 g/mol. The molecule has 0 aliphatic carbocycles. The molecule has 2 aliphatic rings. The first-order chi connectivity index (χ1) is 13.6. The van der Waals surface area contributed by atoms with Gasteiger partial charge in [-0.2, -0.15) is 4.37 Å². The van der Waals surface area contributed by atoms with E-state index in [4.69, 9.17) is 4.99 Å². The first-order valence-corrected chi connectivity index (χ1v) is 11.7. The van der Waals surface area contributed by atoms with E-state index >= 15 is 0 Å². The van der Waals surface area contributed by atoms with Gasteiger partial charge in [0, 0.05) is 69.8 Å². The molecule has 0 aromatic carbocycles. The fourth-order valence-corrected chi connectivity index (χ4v) is 4.78. The van der Waals surface area contributed by atoms with E-state index in [0.717, 1.165) is 62.6 Å². The number of guanidine groups is 1. The van der Waals surface area contributed by atoms with E-state index in [9.17, 15) is 0 Å². The van der Waals surface area contributed by atoms with Crippen molar-refractivity contribution in [3.05, 3.63) is 5.82 Å². The number of aryl methyl sites for hydroxylation is 1. The second-order valence-corrected chi connectivity index (χ2v) is 8.84. The van der Waals surface area contributed by atoms with Crippen molar-refractivity contribution >= 4 is 46.6 Å². The molecule has 3 rings (SSSR count). The minimum atomic E-state index is 0. The quantitative estimate of drug-likeness (QED) is 0.344. The highest BCUT2D eigenvalue weighted by molar-refractivity contribution is 14.0. The highest BCUT2D eigenvalue weighted by Gasteiger charge is 2.24. The van der Waals surface area contributed by atoms with Crippen LogP contribution in [0.1, 0.15) is 46.4 Å². The Kier molecular flexibility index (Phi) is 10.4. The van der Waals surface area contributed by atoms with Crippen molar-refractivity contribution in [2.75, 3.05) is 57.3 Å². The molecule has 7 nitrogen and oxygen atoms in total. The van der Waals surface area contributed by atoms with E-state index in [1.54, 1.807) is 0 Å². The van der Waals surface area contributed by atoms with Gasteiger partial charge in [0.1, 0.15) is 5.82 Å². The second kappa shape index (κ2) is 12.2. The number of hydrogen-bond acceptors (Lipinski definition) is 6. The first-order valence-electron chi connectivity index (χ1n) is 11.0. The Bertz CT molecular complexity index is 628. The van der Waals surface area contributed by atoms with Gasteiger partial charge in [0.15, 0.2) is 5.96 Å². The summed E-state index contributed by atoms with van der Waals surface area (Å²) in [5, 5.41) is 4.58. The number of rotatable bonds is 6. The topological polar surface area (TPSA) is 59.9 Å². The van der Waals surface area contributed by atoms with E-state index < -0.39 is 0 Å². The fraction of sp³-hybridized carbons (Fsp3) is 0.850. The van der Waals surface area contributed by atoms with Crippen LogP contribution in [0.5, 0.6) is 0 Å². The molecule has 0 saturated carbocycles. The van der Waals surface area contributed by atoms with Gasteiger partial charge in [0.05, 0.1) is 0 Å². The number of hydrogen-bond donors (Lipinski definition) is 1. The fourth-order valence-electron chi connectivity index (χ4n) is 3.98. The molecule has 9 heteroatoms. The number of anilines is 1. The Morgan fingerprint density at radius 2 is 1.97 bits per heavy atom. The van der Waals surface area contributed by atoms with Crippen molar-refractivity contribution < 1.29 is 0 Å². The SMILES string of the molecule is CCNC(=NCC1CCCN(C(C)C)C1)N1CCN(c2nc(CC)ns2)CC1.I. The maximum absolute atomic E-state index is 5.03. The largest absolute Gasteiger partial charge is 0.357 e. The lowest BCUT2D eigenvalue weighted by Crippen LogP contribution is -2.52. The molecule has 2 saturated heterocycles. The van der Waals surface area contributed by atoms with Gasteiger partial charge in [-0.05, 0) is 46.1 Å². The van der Waals surface area contributed by atoms with E-state index in [2.05, 4.69) is 57.1 Å². The average molecular weight is 536 g/mol. The molecule has 0 spiro atoms. The summed E-state index contributed by atoms with van der Waals surface area (Å²) in [6.07, 6.45) is 3.51. The van der Waals surface area contributed by atoms with Gasteiger partial charge in [0.25, 0.3) is 0 Å². The minimum absolute atomic E-state index is 0. The van der Waals surface area contributed by atoms with Gasteiger partial charge >= 0.3 is 0 Å². The summed E-state index contributed by atoms with van der Waals surface area (Å²) >= 11 is 1.53. The zero-order chi connectivity index (χ0) is 19.9. The van der Waals surface area contributed by atoms with Crippen LogP contribution in [0, 0.1) is 5.92 Å². The average Bonchev–Trinajstić information content (AvgIpc) is 3.21. The predicted octanol–water partition coefficient (Wildman–Crippen LogP) is 2.93. The molecule has 1 N–H and O–H groups in total. The van der Waals surface area contributed by atoms with E-state index in [1.165, 1.54) is 37.5 Å². The van der Waals surface area contributed by atoms with Crippen LogP contribution in [0.4, 0.5) is 5.13 Å². The third kappa shape index (κ3) is 6.92. The molecule has 0 bridgehead atoms. The van der Waals surface area contributed by atoms with Gasteiger partial charge in [0.2, 0.25) is 5.13 Å². The Labute approximate surface area is 197 Å². The van der Waals surface area contributed by atoms with Crippen LogP contribution in [0.25, 0.3) is 0 Å². The van der Waals surface area contributed by atoms with Crippen LogP contribution >= 0.6 is 35.5 Å². The molecule has 166 valence electrons. The summed E-state index contributed by atoms with van der Waals surface area (Å²) in [5.74, 6) is 2.72. The molecule has 1 atom stereocenters. The third-order valence-electron chi connectivity index (χ3n) is 5.74. The molecule has 3 heterocycles. The van der Waals surface area contributed by atoms with Crippen molar-refractivity contribution in [1.82, 2.24) is 24.5 Å². The molecule has 29 heavy (non-hydrogen) atoms. The van der Waals surface area contributed by atoms with Crippen molar-refractivity contribution in [2.45, 2.75) is 53.0 Å². The number of piperazine rings is 1. The molecule has 0 amide bonds. The second-order valence-electron chi connectivity index (χ2n) is 8.11. The lowest BCUT2D eigenvalue weighted by Gasteiger charge is -2.37. The zero-order valence-corrected chi connectivity index (χ0v) is 21.6. The molecule has 0 radical (unpaired) electrons. The Hall–Kier alpha value is -0.680. The number of nitrogens with zero attached hydrogens (tertiary/aromatic N) is 6. The molecule has 1 unspecified atom stereocenters. The molecular formula is C20H38IN7S. The maximum atomic E-state index is 5.03. The third-order valence-corrected chi connectivity index (χ3v) is 6.55. The molecule has 2 aliphatic heterocycles. The van der Waals surface area contributed by atoms with Gasteiger partial charge in [-0.15, -0.1) is 24.0 Å². The van der Waals surface area contributed by atoms with Crippen molar-refractivity contribution in [3.63, 3.8) is 0 Å². The summed E-state index contributed by atoms with van der Waals surface area (Å²) < 4.78 is 4.43. The molecule has 1 aromatic heterocycles. The molecular weight excluding hydrogens is 497 g/mol. The molecule has 2 fully saturated rings. The van der Waals surface area contributed by atoms with E-state index in [1.807, 2.05) is 0 Å². The summed E-state index contributed by atoms with van der Waals surface area (Å²) in [6, 6.07) is 0.640. The van der Waals surface area contributed by atoms with Crippen LogP contribution in [-0.4, -0.2) is 83.5 Å². The standard InChI is InChI=1S/C20H37N7S.HI/c1-5-18-23-20(28-24-18)26-12-10-25(11-13-26)19(21-6-2)22-14-17-8-7-9-27(15-17)16(3)4;/h16-17H,5-15H2,1-4H3,(H,21,22);1H. The summed E-state index contributed by atoms with van der Waals surface area (Å²) in [4.78, 5) is 17.0. The van der Waals surface area contributed by atoms with Gasteiger partial charge in [-0.3, -0.25) is 4.99 Å². The smallest absolute Gasteiger partial charge is 0.205 e. The van der Waals surface area contributed by atoms with Gasteiger partial charge in [-0.25, -0.2) is 4.98 Å². The Morgan fingerprint density at radius 3 is 2.59 bits per heavy atom. The van der Waals surface area contributed by atoms with Gasteiger partial charge in [-0.1, -0.05) is 6.92 Å². The summed E-state index contributed by atoms with van der Waals surface area (Å²) in [5.41, 5.74) is 0. The van der Waals surface area contributed by atoms with Crippen molar-refractivity contribution in [1.29, 1.82) is 0 Å².